The zero-order valence-electron chi connectivity index (χ0n) is 30.3. The van der Waals surface area contributed by atoms with Gasteiger partial charge in [0, 0.05) is 23.9 Å². The Hall–Kier alpha value is -3.87. The number of piperidine rings is 1. The molecule has 272 valence electrons. The van der Waals surface area contributed by atoms with Crippen molar-refractivity contribution in [3.63, 3.8) is 0 Å². The number of ether oxygens (including phenoxy) is 2. The molecule has 4 aromatic carbocycles. The number of aryl methyl sites for hydroxylation is 2. The maximum absolute atomic E-state index is 13.3. The van der Waals surface area contributed by atoms with Crippen LogP contribution >= 0.6 is 12.4 Å². The number of benzene rings is 4. The molecule has 1 spiro atoms. The summed E-state index contributed by atoms with van der Waals surface area (Å²) in [5.74, 6) is 1.44. The number of hydrogen-bond acceptors (Lipinski definition) is 4. The summed E-state index contributed by atoms with van der Waals surface area (Å²) in [5, 5.41) is 3.17. The van der Waals surface area contributed by atoms with E-state index in [4.69, 9.17) is 9.47 Å². The topological polar surface area (TPSA) is 50.8 Å². The van der Waals surface area contributed by atoms with Crippen LogP contribution in [0.3, 0.4) is 0 Å². The van der Waals surface area contributed by atoms with Crippen LogP contribution in [-0.4, -0.2) is 50.2 Å². The Morgan fingerprint density at radius 2 is 1.45 bits per heavy atom. The lowest BCUT2D eigenvalue weighted by Crippen LogP contribution is -2.55. The van der Waals surface area contributed by atoms with Gasteiger partial charge >= 0.3 is 0 Å². The SMILES string of the molecule is COc1cc2c(cc1OC)CC1(CCCCN1CCCC(CCCNC(=O)CCc1ccc(F)cc1)(c1ccccc1)c1ccccc1)CC2.Cl. The molecule has 1 aliphatic heterocycles. The first-order valence-corrected chi connectivity index (χ1v) is 18.6. The van der Waals surface area contributed by atoms with Crippen LogP contribution in [0.1, 0.15) is 85.6 Å². The molecule has 1 fully saturated rings. The van der Waals surface area contributed by atoms with E-state index in [1.54, 1.807) is 26.4 Å². The third-order valence-corrected chi connectivity index (χ3v) is 11.4. The molecule has 1 atom stereocenters. The van der Waals surface area contributed by atoms with E-state index < -0.39 is 0 Å². The maximum Gasteiger partial charge on any atom is 0.220 e. The minimum Gasteiger partial charge on any atom is -0.493 e. The van der Waals surface area contributed by atoms with Crippen LogP contribution in [-0.2, 0) is 29.5 Å². The van der Waals surface area contributed by atoms with Crippen LogP contribution < -0.4 is 14.8 Å². The smallest absolute Gasteiger partial charge is 0.220 e. The summed E-state index contributed by atoms with van der Waals surface area (Å²) in [4.78, 5) is 15.6. The third-order valence-electron chi connectivity index (χ3n) is 11.4. The summed E-state index contributed by atoms with van der Waals surface area (Å²) in [6, 6.07) is 32.8. The van der Waals surface area contributed by atoms with E-state index in [1.807, 2.05) is 0 Å². The highest BCUT2D eigenvalue weighted by atomic mass is 35.5. The van der Waals surface area contributed by atoms with Crippen molar-refractivity contribution in [2.75, 3.05) is 33.9 Å². The largest absolute Gasteiger partial charge is 0.493 e. The van der Waals surface area contributed by atoms with Crippen molar-refractivity contribution in [3.8, 4) is 11.5 Å². The van der Waals surface area contributed by atoms with E-state index in [-0.39, 0.29) is 35.1 Å². The monoisotopic (exact) mass is 712 g/mol. The Morgan fingerprint density at radius 1 is 0.824 bits per heavy atom. The van der Waals surface area contributed by atoms with Gasteiger partial charge in [0.1, 0.15) is 5.82 Å². The molecule has 2 aliphatic rings. The summed E-state index contributed by atoms with van der Waals surface area (Å²) < 4.78 is 24.6. The second-order valence-corrected chi connectivity index (χ2v) is 14.3. The van der Waals surface area contributed by atoms with E-state index in [1.165, 1.54) is 60.1 Å². The first-order valence-electron chi connectivity index (χ1n) is 18.6. The van der Waals surface area contributed by atoms with Gasteiger partial charge in [-0.25, -0.2) is 4.39 Å². The Bertz CT molecular complexity index is 1640. The fraction of sp³-hybridized carbons (Fsp3) is 0.432. The second kappa shape index (κ2) is 18.1. The molecule has 0 bridgehead atoms. The molecular weight excluding hydrogens is 659 g/mol. The van der Waals surface area contributed by atoms with Gasteiger partial charge in [0.05, 0.1) is 14.2 Å². The van der Waals surface area contributed by atoms with Gasteiger partial charge in [0.25, 0.3) is 0 Å². The molecule has 6 rings (SSSR count). The van der Waals surface area contributed by atoms with Crippen molar-refractivity contribution in [1.29, 1.82) is 0 Å². The summed E-state index contributed by atoms with van der Waals surface area (Å²) in [7, 11) is 3.45. The Balaban J connectivity index is 0.00000504. The van der Waals surface area contributed by atoms with E-state index in [9.17, 15) is 9.18 Å². The fourth-order valence-electron chi connectivity index (χ4n) is 8.73. The van der Waals surface area contributed by atoms with Gasteiger partial charge in [0.2, 0.25) is 5.91 Å². The van der Waals surface area contributed by atoms with Gasteiger partial charge in [-0.3, -0.25) is 9.69 Å². The highest BCUT2D eigenvalue weighted by Crippen LogP contribution is 2.45. The number of methoxy groups -OCH3 is 2. The zero-order chi connectivity index (χ0) is 34.8. The molecule has 0 aromatic heterocycles. The molecule has 1 aliphatic carbocycles. The third kappa shape index (κ3) is 9.14. The average molecular weight is 713 g/mol. The summed E-state index contributed by atoms with van der Waals surface area (Å²) in [6.45, 7) is 2.85. The number of halogens is 2. The lowest BCUT2D eigenvalue weighted by molar-refractivity contribution is -0.121. The molecule has 0 saturated carbocycles. The number of likely N-dealkylation sites (tertiary alicyclic amines) is 1. The van der Waals surface area contributed by atoms with Gasteiger partial charge in [-0.15, -0.1) is 12.4 Å². The van der Waals surface area contributed by atoms with Crippen LogP contribution in [0.5, 0.6) is 11.5 Å². The van der Waals surface area contributed by atoms with Crippen LogP contribution in [0.4, 0.5) is 4.39 Å². The molecule has 1 N–H and O–H groups in total. The zero-order valence-corrected chi connectivity index (χ0v) is 31.1. The lowest BCUT2D eigenvalue weighted by atomic mass is 9.68. The highest BCUT2D eigenvalue weighted by molar-refractivity contribution is 5.85. The predicted molar refractivity (Wildman–Crippen MR) is 207 cm³/mol. The minimum atomic E-state index is -0.254. The van der Waals surface area contributed by atoms with Gasteiger partial charge in [-0.2, -0.15) is 0 Å². The first kappa shape index (κ1) is 38.4. The van der Waals surface area contributed by atoms with Crippen molar-refractivity contribution in [2.45, 2.75) is 88.0 Å². The molecule has 7 heteroatoms. The van der Waals surface area contributed by atoms with Crippen molar-refractivity contribution in [2.24, 2.45) is 0 Å². The van der Waals surface area contributed by atoms with Gasteiger partial charge in [-0.1, -0.05) is 79.2 Å². The van der Waals surface area contributed by atoms with E-state index in [2.05, 4.69) is 83.0 Å². The number of amides is 1. The number of carbonyl (C=O) groups is 1. The average Bonchev–Trinajstić information content (AvgIpc) is 3.16. The van der Waals surface area contributed by atoms with Crippen molar-refractivity contribution < 1.29 is 18.7 Å². The normalized spacial score (nSPS) is 17.3. The Labute approximate surface area is 310 Å². The van der Waals surface area contributed by atoms with E-state index >= 15 is 0 Å². The number of nitrogens with zero attached hydrogens (tertiary/aromatic N) is 1. The highest BCUT2D eigenvalue weighted by Gasteiger charge is 2.42. The molecule has 0 radical (unpaired) electrons. The molecule has 1 heterocycles. The molecule has 5 nitrogen and oxygen atoms in total. The first-order chi connectivity index (χ1) is 24.4. The van der Waals surface area contributed by atoms with E-state index in [0.717, 1.165) is 68.7 Å². The van der Waals surface area contributed by atoms with Crippen LogP contribution in [0, 0.1) is 5.82 Å². The van der Waals surface area contributed by atoms with Crippen LogP contribution in [0.15, 0.2) is 97.1 Å². The number of hydrogen-bond donors (Lipinski definition) is 1. The minimum absolute atomic E-state index is 0. The van der Waals surface area contributed by atoms with E-state index in [0.29, 0.717) is 19.4 Å². The number of carbonyl (C=O) groups excluding carboxylic acids is 1. The number of fused-ring (bicyclic) bond motifs is 1. The van der Waals surface area contributed by atoms with Crippen LogP contribution in [0.25, 0.3) is 0 Å². The number of rotatable bonds is 15. The fourth-order valence-corrected chi connectivity index (χ4v) is 8.73. The molecule has 4 aromatic rings. The number of nitrogens with one attached hydrogen (secondary N) is 1. The van der Waals surface area contributed by atoms with Crippen molar-refractivity contribution in [3.05, 3.63) is 131 Å². The maximum atomic E-state index is 13.3. The molecule has 51 heavy (non-hydrogen) atoms. The van der Waals surface area contributed by atoms with Crippen molar-refractivity contribution in [1.82, 2.24) is 10.2 Å². The molecule has 1 saturated heterocycles. The quantitative estimate of drug-likeness (QED) is 0.125. The Morgan fingerprint density at radius 3 is 2.10 bits per heavy atom. The Kier molecular flexibility index (Phi) is 13.6. The van der Waals surface area contributed by atoms with Gasteiger partial charge < -0.3 is 14.8 Å². The molecule has 1 amide bonds. The van der Waals surface area contributed by atoms with Crippen LogP contribution in [0.2, 0.25) is 0 Å². The van der Waals surface area contributed by atoms with Gasteiger partial charge in [-0.05, 0) is 129 Å². The second-order valence-electron chi connectivity index (χ2n) is 14.3. The van der Waals surface area contributed by atoms with Crippen molar-refractivity contribution >= 4 is 18.3 Å². The summed E-state index contributed by atoms with van der Waals surface area (Å²) >= 11 is 0. The summed E-state index contributed by atoms with van der Waals surface area (Å²) in [6.07, 6.45) is 12.0. The lowest BCUT2D eigenvalue weighted by Gasteiger charge is -2.50. The summed E-state index contributed by atoms with van der Waals surface area (Å²) in [5.41, 5.74) is 6.49. The molecular formula is C44H54ClFN2O3. The van der Waals surface area contributed by atoms with Gasteiger partial charge in [0.15, 0.2) is 11.5 Å². The standard InChI is InChI=1S/C44H53FN2O3.ClH/c1-49-40-31-35-23-27-43(33-36(35)32-41(40)50-2)24-9-10-29-47(43)30-12-26-44(37-13-5-3-6-14-37,38-15-7-4-8-16-38)25-11-28-46-42(48)22-19-34-17-20-39(45)21-18-34;/h3-8,13-18,20-21,31-32H,9-12,19,22-30,33H2,1-2H3,(H,46,48);1H. The molecule has 1 unspecified atom stereocenters. The predicted octanol–water partition coefficient (Wildman–Crippen LogP) is 9.27.